The van der Waals surface area contributed by atoms with Gasteiger partial charge in [-0.25, -0.2) is 5.06 Å². The quantitative estimate of drug-likeness (QED) is 0.635. The molecule has 1 fully saturated rings. The normalized spacial score (nSPS) is 14.1. The maximum atomic E-state index is 12.5. The second-order valence-electron chi connectivity index (χ2n) is 6.47. The van der Waals surface area contributed by atoms with Gasteiger partial charge in [0.15, 0.2) is 0 Å². The summed E-state index contributed by atoms with van der Waals surface area (Å²) in [5.41, 5.74) is 1.03. The Morgan fingerprint density at radius 1 is 1.21 bits per heavy atom. The molecule has 0 N–H and O–H groups in total. The van der Waals surface area contributed by atoms with Crippen molar-refractivity contribution in [1.29, 1.82) is 0 Å². The second kappa shape index (κ2) is 8.09. The number of halogens is 3. The fraction of sp³-hybridized carbons (Fsp3) is 0.444. The van der Waals surface area contributed by atoms with Crippen molar-refractivity contribution in [1.82, 2.24) is 15.2 Å². The highest BCUT2D eigenvalue weighted by Crippen LogP contribution is 2.31. The van der Waals surface area contributed by atoms with Crippen LogP contribution in [0.25, 0.3) is 11.4 Å². The van der Waals surface area contributed by atoms with Gasteiger partial charge in [-0.05, 0) is 18.4 Å². The lowest BCUT2D eigenvalue weighted by Crippen LogP contribution is -2.29. The van der Waals surface area contributed by atoms with E-state index in [1.165, 1.54) is 19.2 Å². The molecule has 10 heteroatoms. The summed E-state index contributed by atoms with van der Waals surface area (Å²) in [6.07, 6.45) is -2.63. The minimum absolute atomic E-state index is 0.0737. The van der Waals surface area contributed by atoms with E-state index in [-0.39, 0.29) is 42.8 Å². The lowest BCUT2D eigenvalue weighted by Gasteiger charge is -2.19. The van der Waals surface area contributed by atoms with E-state index >= 15 is 0 Å². The monoisotopic (exact) mass is 397 g/mol. The molecule has 0 radical (unpaired) electrons. The molecule has 1 aliphatic carbocycles. The number of hydrogen-bond donors (Lipinski definition) is 0. The first-order valence-corrected chi connectivity index (χ1v) is 8.65. The SMILES string of the molecule is CON(Cc1ccc(-c2noc(C(F)(F)F)n2)cc1)C(=O)CCC(=O)C1CC1. The molecule has 1 saturated carbocycles. The number of hydrogen-bond acceptors (Lipinski definition) is 6. The van der Waals surface area contributed by atoms with Crippen LogP contribution in [0.5, 0.6) is 0 Å². The molecule has 1 heterocycles. The average Bonchev–Trinajstić information content (AvgIpc) is 3.39. The number of amides is 1. The van der Waals surface area contributed by atoms with Crippen molar-refractivity contribution in [2.24, 2.45) is 5.92 Å². The van der Waals surface area contributed by atoms with Gasteiger partial charge in [-0.1, -0.05) is 29.4 Å². The van der Waals surface area contributed by atoms with Gasteiger partial charge in [-0.15, -0.1) is 0 Å². The molecule has 7 nitrogen and oxygen atoms in total. The Balaban J connectivity index is 1.59. The molecule has 3 rings (SSSR count). The van der Waals surface area contributed by atoms with Crippen molar-refractivity contribution in [3.05, 3.63) is 35.7 Å². The third-order valence-electron chi connectivity index (χ3n) is 4.32. The number of hydroxylamine groups is 2. The molecule has 1 amide bonds. The largest absolute Gasteiger partial charge is 0.471 e. The highest BCUT2D eigenvalue weighted by atomic mass is 19.4. The average molecular weight is 397 g/mol. The second-order valence-corrected chi connectivity index (χ2v) is 6.47. The van der Waals surface area contributed by atoms with E-state index in [0.717, 1.165) is 17.9 Å². The zero-order chi connectivity index (χ0) is 20.3. The van der Waals surface area contributed by atoms with Crippen molar-refractivity contribution < 1.29 is 32.1 Å². The van der Waals surface area contributed by atoms with Crippen LogP contribution >= 0.6 is 0 Å². The number of carbonyl (C=O) groups is 2. The topological polar surface area (TPSA) is 85.5 Å². The molecule has 28 heavy (non-hydrogen) atoms. The Labute approximate surface area is 158 Å². The number of rotatable bonds is 8. The minimum Gasteiger partial charge on any atom is -0.329 e. The lowest BCUT2D eigenvalue weighted by molar-refractivity contribution is -0.179. The van der Waals surface area contributed by atoms with E-state index in [0.29, 0.717) is 11.1 Å². The van der Waals surface area contributed by atoms with Crippen LogP contribution in [0.1, 0.15) is 37.1 Å². The zero-order valence-corrected chi connectivity index (χ0v) is 15.0. The minimum atomic E-state index is -4.70. The summed E-state index contributed by atoms with van der Waals surface area (Å²) in [5.74, 6) is -1.69. The summed E-state index contributed by atoms with van der Waals surface area (Å²) in [7, 11) is 1.35. The predicted octanol–water partition coefficient (Wildman–Crippen LogP) is 3.40. The van der Waals surface area contributed by atoms with Crippen LogP contribution in [0.15, 0.2) is 28.8 Å². The number of alkyl halides is 3. The Morgan fingerprint density at radius 2 is 1.89 bits per heavy atom. The number of aromatic nitrogens is 2. The van der Waals surface area contributed by atoms with E-state index in [1.54, 1.807) is 12.1 Å². The molecular weight excluding hydrogens is 379 g/mol. The Hall–Kier alpha value is -2.75. The zero-order valence-electron chi connectivity index (χ0n) is 15.0. The molecule has 1 aromatic carbocycles. The summed E-state index contributed by atoms with van der Waals surface area (Å²) < 4.78 is 41.8. The summed E-state index contributed by atoms with van der Waals surface area (Å²) in [6, 6.07) is 6.28. The number of ketones is 1. The highest BCUT2D eigenvalue weighted by Gasteiger charge is 2.38. The number of Topliss-reactive ketones (excluding diaryl/α,β-unsaturated/α-hetero) is 1. The molecule has 0 atom stereocenters. The Kier molecular flexibility index (Phi) is 5.78. The summed E-state index contributed by atoms with van der Waals surface area (Å²) in [6.45, 7) is 0.132. The molecule has 1 aromatic heterocycles. The maximum Gasteiger partial charge on any atom is 0.471 e. The first-order valence-electron chi connectivity index (χ1n) is 8.65. The molecule has 0 saturated heterocycles. The molecular formula is C18H18F3N3O4. The van der Waals surface area contributed by atoms with Gasteiger partial charge in [0, 0.05) is 24.3 Å². The number of carbonyl (C=O) groups excluding carboxylic acids is 2. The maximum absolute atomic E-state index is 12.5. The molecule has 0 spiro atoms. The van der Waals surface area contributed by atoms with Crippen LogP contribution in [-0.4, -0.2) is 34.0 Å². The fourth-order valence-corrected chi connectivity index (χ4v) is 2.60. The smallest absolute Gasteiger partial charge is 0.329 e. The molecule has 0 unspecified atom stereocenters. The van der Waals surface area contributed by atoms with Crippen LogP contribution in [0.2, 0.25) is 0 Å². The van der Waals surface area contributed by atoms with E-state index in [1.807, 2.05) is 0 Å². The van der Waals surface area contributed by atoms with Gasteiger partial charge in [0.2, 0.25) is 11.7 Å². The predicted molar refractivity (Wildman–Crippen MR) is 89.3 cm³/mol. The van der Waals surface area contributed by atoms with Crippen molar-refractivity contribution in [3.8, 4) is 11.4 Å². The van der Waals surface area contributed by atoms with E-state index < -0.39 is 12.1 Å². The van der Waals surface area contributed by atoms with Crippen molar-refractivity contribution in [3.63, 3.8) is 0 Å². The number of benzene rings is 1. The van der Waals surface area contributed by atoms with Gasteiger partial charge in [-0.2, -0.15) is 18.2 Å². The third kappa shape index (κ3) is 4.94. The van der Waals surface area contributed by atoms with Gasteiger partial charge in [-0.3, -0.25) is 14.4 Å². The first kappa shape index (κ1) is 20.0. The molecule has 2 aromatic rings. The molecule has 150 valence electrons. The van der Waals surface area contributed by atoms with Gasteiger partial charge in [0.05, 0.1) is 13.7 Å². The van der Waals surface area contributed by atoms with Crippen LogP contribution in [0, 0.1) is 5.92 Å². The Bertz CT molecular complexity index is 845. The van der Waals surface area contributed by atoms with Gasteiger partial charge < -0.3 is 4.52 Å². The molecule has 0 aliphatic heterocycles. The van der Waals surface area contributed by atoms with Crippen LogP contribution in [0.3, 0.4) is 0 Å². The summed E-state index contributed by atoms with van der Waals surface area (Å²) in [4.78, 5) is 32.3. The van der Waals surface area contributed by atoms with E-state index in [2.05, 4.69) is 14.7 Å². The van der Waals surface area contributed by atoms with Gasteiger partial charge >= 0.3 is 12.1 Å². The van der Waals surface area contributed by atoms with Crippen LogP contribution in [-0.2, 0) is 27.1 Å². The van der Waals surface area contributed by atoms with E-state index in [9.17, 15) is 22.8 Å². The lowest BCUT2D eigenvalue weighted by atomic mass is 10.1. The standard InChI is InChI=1S/C18H18F3N3O4/c1-27-24(15(26)9-8-14(25)12-6-7-12)10-11-2-4-13(5-3-11)16-22-17(28-23-16)18(19,20)21/h2-5,12H,6-10H2,1H3. The summed E-state index contributed by atoms with van der Waals surface area (Å²) in [5, 5.41) is 4.46. The number of nitrogens with zero attached hydrogens (tertiary/aromatic N) is 3. The summed E-state index contributed by atoms with van der Waals surface area (Å²) >= 11 is 0. The first-order chi connectivity index (χ1) is 13.3. The van der Waals surface area contributed by atoms with Crippen molar-refractivity contribution in [2.75, 3.05) is 7.11 Å². The third-order valence-corrected chi connectivity index (χ3v) is 4.32. The van der Waals surface area contributed by atoms with E-state index in [4.69, 9.17) is 4.84 Å². The highest BCUT2D eigenvalue weighted by molar-refractivity contribution is 5.87. The molecule has 0 bridgehead atoms. The van der Waals surface area contributed by atoms with Crippen LogP contribution in [0.4, 0.5) is 13.2 Å². The van der Waals surface area contributed by atoms with Crippen molar-refractivity contribution >= 4 is 11.7 Å². The van der Waals surface area contributed by atoms with Gasteiger partial charge in [0.1, 0.15) is 5.78 Å². The van der Waals surface area contributed by atoms with Crippen LogP contribution < -0.4 is 0 Å². The Morgan fingerprint density at radius 3 is 2.43 bits per heavy atom. The van der Waals surface area contributed by atoms with Crippen molar-refractivity contribution in [2.45, 2.75) is 38.4 Å². The van der Waals surface area contributed by atoms with Gasteiger partial charge in [0.25, 0.3) is 0 Å². The fourth-order valence-electron chi connectivity index (χ4n) is 2.60. The molecule has 1 aliphatic rings.